The summed E-state index contributed by atoms with van der Waals surface area (Å²) in [5.74, 6) is 0.980. The number of nitrogens with zero attached hydrogens (tertiary/aromatic N) is 2. The maximum absolute atomic E-state index is 11.7. The van der Waals surface area contributed by atoms with Crippen molar-refractivity contribution in [3.05, 3.63) is 28.7 Å². The van der Waals surface area contributed by atoms with Crippen LogP contribution in [0.3, 0.4) is 0 Å². The number of anilines is 1. The van der Waals surface area contributed by atoms with Crippen molar-refractivity contribution in [2.24, 2.45) is 4.99 Å². The molecule has 1 heterocycles. The molecule has 3 rings (SSSR count). The summed E-state index contributed by atoms with van der Waals surface area (Å²) < 4.78 is 1.10. The second-order valence-electron chi connectivity index (χ2n) is 7.00. The number of hydrogen-bond acceptors (Lipinski definition) is 3. The minimum atomic E-state index is 0.165. The molecule has 2 fully saturated rings. The first-order valence-electron chi connectivity index (χ1n) is 9.41. The van der Waals surface area contributed by atoms with E-state index in [1.54, 1.807) is 7.05 Å². The largest absolute Gasteiger partial charge is 0.369 e. The monoisotopic (exact) mass is 421 g/mol. The van der Waals surface area contributed by atoms with Gasteiger partial charge in [-0.05, 0) is 49.9 Å². The van der Waals surface area contributed by atoms with E-state index in [9.17, 15) is 4.79 Å². The third-order valence-corrected chi connectivity index (χ3v) is 5.29. The second-order valence-corrected chi connectivity index (χ2v) is 7.91. The number of hydrogen-bond donors (Lipinski definition) is 3. The van der Waals surface area contributed by atoms with Crippen molar-refractivity contribution < 1.29 is 4.79 Å². The van der Waals surface area contributed by atoms with Crippen LogP contribution in [0.5, 0.6) is 0 Å². The van der Waals surface area contributed by atoms with Crippen LogP contribution in [0.25, 0.3) is 0 Å². The summed E-state index contributed by atoms with van der Waals surface area (Å²) in [6, 6.07) is 9.27. The van der Waals surface area contributed by atoms with Crippen molar-refractivity contribution in [1.29, 1.82) is 0 Å². The number of rotatable bonds is 7. The molecule has 0 radical (unpaired) electrons. The van der Waals surface area contributed by atoms with Crippen molar-refractivity contribution in [2.75, 3.05) is 31.6 Å². The van der Waals surface area contributed by atoms with E-state index in [0.717, 1.165) is 55.7 Å². The lowest BCUT2D eigenvalue weighted by Gasteiger charge is -2.20. The number of aliphatic imine (C=N–C) groups is 1. The smallest absolute Gasteiger partial charge is 0.220 e. The van der Waals surface area contributed by atoms with E-state index in [-0.39, 0.29) is 5.91 Å². The molecule has 1 unspecified atom stereocenters. The zero-order chi connectivity index (χ0) is 18.4. The van der Waals surface area contributed by atoms with Gasteiger partial charge in [0.15, 0.2) is 5.96 Å². The fourth-order valence-corrected chi connectivity index (χ4v) is 3.40. The Labute approximate surface area is 163 Å². The van der Waals surface area contributed by atoms with Gasteiger partial charge in [0.2, 0.25) is 5.91 Å². The van der Waals surface area contributed by atoms with Gasteiger partial charge in [-0.2, -0.15) is 0 Å². The normalized spacial score (nSPS) is 20.2. The number of carbonyl (C=O) groups excluding carboxylic acids is 1. The van der Waals surface area contributed by atoms with Crippen molar-refractivity contribution >= 4 is 33.5 Å². The van der Waals surface area contributed by atoms with Crippen LogP contribution < -0.4 is 20.9 Å². The number of guanidine groups is 1. The molecule has 0 bridgehead atoms. The van der Waals surface area contributed by atoms with E-state index >= 15 is 0 Å². The van der Waals surface area contributed by atoms with Crippen LogP contribution in [0, 0.1) is 0 Å². The molecule has 2 aliphatic rings. The van der Waals surface area contributed by atoms with Gasteiger partial charge in [0.1, 0.15) is 0 Å². The van der Waals surface area contributed by atoms with E-state index < -0.39 is 0 Å². The lowest BCUT2D eigenvalue weighted by Crippen LogP contribution is -2.45. The Kier molecular flexibility index (Phi) is 6.77. The van der Waals surface area contributed by atoms with E-state index in [2.05, 4.69) is 66.0 Å². The van der Waals surface area contributed by atoms with Crippen LogP contribution in [0.4, 0.5) is 5.69 Å². The first-order chi connectivity index (χ1) is 12.6. The average Bonchev–Trinajstić information content (AvgIpc) is 3.33. The Morgan fingerprint density at radius 3 is 2.65 bits per heavy atom. The zero-order valence-corrected chi connectivity index (χ0v) is 16.9. The van der Waals surface area contributed by atoms with Gasteiger partial charge < -0.3 is 20.9 Å². The molecule has 7 heteroatoms. The summed E-state index contributed by atoms with van der Waals surface area (Å²) in [4.78, 5) is 18.4. The standard InChI is InChI=1S/C19H28BrN5O/c1-21-19(22-11-2-3-18(26)23-15-6-7-15)24-16-10-12-25(13-16)17-8-4-14(20)5-9-17/h4-5,8-9,15-16H,2-3,6-7,10-13H2,1H3,(H,23,26)(H2,21,22,24). The molecule has 0 spiro atoms. The fraction of sp³-hybridized carbons (Fsp3) is 0.579. The quantitative estimate of drug-likeness (QED) is 0.358. The van der Waals surface area contributed by atoms with Crippen molar-refractivity contribution in [2.45, 2.75) is 44.2 Å². The molecular formula is C19H28BrN5O. The van der Waals surface area contributed by atoms with Crippen molar-refractivity contribution in [3.8, 4) is 0 Å². The zero-order valence-electron chi connectivity index (χ0n) is 15.3. The van der Waals surface area contributed by atoms with E-state index in [1.807, 2.05) is 0 Å². The third kappa shape index (κ3) is 5.90. The number of benzene rings is 1. The molecule has 1 aromatic rings. The van der Waals surface area contributed by atoms with Crippen molar-refractivity contribution in [3.63, 3.8) is 0 Å². The predicted molar refractivity (Wildman–Crippen MR) is 110 cm³/mol. The molecule has 142 valence electrons. The van der Waals surface area contributed by atoms with Gasteiger partial charge >= 0.3 is 0 Å². The van der Waals surface area contributed by atoms with E-state index in [1.165, 1.54) is 5.69 Å². The highest BCUT2D eigenvalue weighted by Crippen LogP contribution is 2.22. The summed E-state index contributed by atoms with van der Waals surface area (Å²) in [7, 11) is 1.79. The summed E-state index contributed by atoms with van der Waals surface area (Å²) in [6.45, 7) is 2.75. The molecule has 6 nitrogen and oxygen atoms in total. The number of halogens is 1. The van der Waals surface area contributed by atoms with Crippen molar-refractivity contribution in [1.82, 2.24) is 16.0 Å². The Balaban J connectivity index is 1.35. The number of amides is 1. The van der Waals surface area contributed by atoms with Crippen LogP contribution in [0.2, 0.25) is 0 Å². The van der Waals surface area contributed by atoms with Gasteiger partial charge in [0.05, 0.1) is 0 Å². The highest BCUT2D eigenvalue weighted by Gasteiger charge is 2.24. The maximum atomic E-state index is 11.7. The summed E-state index contributed by atoms with van der Waals surface area (Å²) in [6.07, 6.45) is 4.75. The van der Waals surface area contributed by atoms with E-state index in [4.69, 9.17) is 0 Å². The van der Waals surface area contributed by atoms with Crippen LogP contribution in [-0.2, 0) is 4.79 Å². The summed E-state index contributed by atoms with van der Waals surface area (Å²) >= 11 is 3.48. The minimum absolute atomic E-state index is 0.165. The molecule has 1 atom stereocenters. The minimum Gasteiger partial charge on any atom is -0.369 e. The first kappa shape index (κ1) is 19.0. The molecule has 26 heavy (non-hydrogen) atoms. The Bertz CT molecular complexity index is 629. The SMILES string of the molecule is CN=C(NCCCC(=O)NC1CC1)NC1CCN(c2ccc(Br)cc2)C1. The number of nitrogens with one attached hydrogen (secondary N) is 3. The van der Waals surface area contributed by atoms with Gasteiger partial charge in [-0.3, -0.25) is 9.79 Å². The molecule has 1 aliphatic carbocycles. The molecule has 1 amide bonds. The Morgan fingerprint density at radius 1 is 1.19 bits per heavy atom. The lowest BCUT2D eigenvalue weighted by molar-refractivity contribution is -0.121. The third-order valence-electron chi connectivity index (χ3n) is 4.76. The summed E-state index contributed by atoms with van der Waals surface area (Å²) in [5, 5.41) is 9.83. The average molecular weight is 422 g/mol. The second kappa shape index (κ2) is 9.26. The van der Waals surface area contributed by atoms with Crippen LogP contribution in [0.15, 0.2) is 33.7 Å². The first-order valence-corrected chi connectivity index (χ1v) is 10.2. The fourth-order valence-electron chi connectivity index (χ4n) is 3.14. The van der Waals surface area contributed by atoms with E-state index in [0.29, 0.717) is 18.5 Å². The molecule has 1 saturated carbocycles. The van der Waals surface area contributed by atoms with Gasteiger partial charge in [0, 0.05) is 55.3 Å². The Morgan fingerprint density at radius 2 is 1.96 bits per heavy atom. The molecule has 3 N–H and O–H groups in total. The number of carbonyl (C=O) groups is 1. The van der Waals surface area contributed by atoms with Gasteiger partial charge in [-0.1, -0.05) is 15.9 Å². The van der Waals surface area contributed by atoms with Gasteiger partial charge in [0.25, 0.3) is 0 Å². The maximum Gasteiger partial charge on any atom is 0.220 e. The van der Waals surface area contributed by atoms with Crippen LogP contribution in [0.1, 0.15) is 32.1 Å². The Hall–Kier alpha value is -1.76. The van der Waals surface area contributed by atoms with Crippen LogP contribution >= 0.6 is 15.9 Å². The summed E-state index contributed by atoms with van der Waals surface area (Å²) in [5.41, 5.74) is 1.25. The lowest BCUT2D eigenvalue weighted by atomic mass is 10.2. The highest BCUT2D eigenvalue weighted by atomic mass is 79.9. The molecule has 0 aromatic heterocycles. The molecule has 1 aromatic carbocycles. The van der Waals surface area contributed by atoms with Gasteiger partial charge in [-0.15, -0.1) is 0 Å². The molecule has 1 saturated heterocycles. The molecular weight excluding hydrogens is 394 g/mol. The topological polar surface area (TPSA) is 68.8 Å². The highest BCUT2D eigenvalue weighted by molar-refractivity contribution is 9.10. The molecule has 1 aliphatic heterocycles. The van der Waals surface area contributed by atoms with Gasteiger partial charge in [-0.25, -0.2) is 0 Å². The van der Waals surface area contributed by atoms with Crippen LogP contribution in [-0.4, -0.2) is 50.6 Å². The predicted octanol–water partition coefficient (Wildman–Crippen LogP) is 2.25.